The second kappa shape index (κ2) is 6.77. The Kier molecular flexibility index (Phi) is 4.27. The lowest BCUT2D eigenvalue weighted by Gasteiger charge is -2.26. The molecule has 0 aliphatic carbocycles. The molecule has 1 aliphatic heterocycles. The normalized spacial score (nSPS) is 16.1. The zero-order chi connectivity index (χ0) is 19.8. The van der Waals surface area contributed by atoms with E-state index >= 15 is 0 Å². The molecule has 2 heterocycles. The first-order valence-corrected chi connectivity index (χ1v) is 8.74. The Balaban J connectivity index is 1.80. The van der Waals surface area contributed by atoms with Crippen molar-refractivity contribution in [3.8, 4) is 0 Å². The molecule has 7 heteroatoms. The Labute approximate surface area is 159 Å². The van der Waals surface area contributed by atoms with Gasteiger partial charge in [0.1, 0.15) is 11.4 Å². The molecule has 1 aromatic heterocycles. The molecule has 0 bridgehead atoms. The molecule has 4 rings (SSSR count). The van der Waals surface area contributed by atoms with E-state index in [2.05, 4.69) is 5.32 Å². The first-order chi connectivity index (χ1) is 13.5. The molecule has 4 amide bonds. The number of para-hydroxylation sites is 1. The lowest BCUT2D eigenvalue weighted by molar-refractivity contribution is -0.122. The highest BCUT2D eigenvalue weighted by Gasteiger charge is 2.37. The number of aryl methyl sites for hydroxylation is 1. The van der Waals surface area contributed by atoms with Gasteiger partial charge in [0.15, 0.2) is 0 Å². The molecule has 2 aromatic carbocycles. The lowest BCUT2D eigenvalue weighted by atomic mass is 10.1. The van der Waals surface area contributed by atoms with Crippen LogP contribution in [0.4, 0.5) is 14.9 Å². The van der Waals surface area contributed by atoms with E-state index in [0.717, 1.165) is 34.5 Å². The number of carbonyl (C=O) groups excluding carboxylic acids is 3. The standard InChI is InChI=1S/C21H16FN3O3/c1-2-24-12-13(16-5-3-4-6-18(16)24)11-17-19(26)23-21(28)25(20(17)27)15-9-7-14(22)8-10-15/h3-12H,2H2,1H3,(H,23,26,28). The summed E-state index contributed by atoms with van der Waals surface area (Å²) in [4.78, 5) is 38.3. The van der Waals surface area contributed by atoms with Crippen LogP contribution in [0.2, 0.25) is 0 Å². The first-order valence-electron chi connectivity index (χ1n) is 8.74. The quantitative estimate of drug-likeness (QED) is 0.561. The van der Waals surface area contributed by atoms with Crippen LogP contribution in [0.1, 0.15) is 12.5 Å². The van der Waals surface area contributed by atoms with Gasteiger partial charge in [-0.2, -0.15) is 0 Å². The SMILES string of the molecule is CCn1cc(C=C2C(=O)NC(=O)N(c3ccc(F)cc3)C2=O)c2ccccc21. The minimum Gasteiger partial charge on any atom is -0.347 e. The second-order valence-corrected chi connectivity index (χ2v) is 6.32. The predicted molar refractivity (Wildman–Crippen MR) is 103 cm³/mol. The van der Waals surface area contributed by atoms with Crippen molar-refractivity contribution < 1.29 is 18.8 Å². The van der Waals surface area contributed by atoms with Gasteiger partial charge >= 0.3 is 6.03 Å². The van der Waals surface area contributed by atoms with Gasteiger partial charge in [0, 0.05) is 29.2 Å². The summed E-state index contributed by atoms with van der Waals surface area (Å²) in [5, 5.41) is 3.06. The monoisotopic (exact) mass is 377 g/mol. The largest absolute Gasteiger partial charge is 0.347 e. The summed E-state index contributed by atoms with van der Waals surface area (Å²) in [6, 6.07) is 11.7. The van der Waals surface area contributed by atoms with Crippen LogP contribution in [-0.2, 0) is 16.1 Å². The molecule has 0 saturated carbocycles. The van der Waals surface area contributed by atoms with E-state index in [9.17, 15) is 18.8 Å². The number of benzene rings is 2. The van der Waals surface area contributed by atoms with Crippen LogP contribution in [0, 0.1) is 5.82 Å². The van der Waals surface area contributed by atoms with Crippen molar-refractivity contribution in [1.29, 1.82) is 0 Å². The van der Waals surface area contributed by atoms with Crippen molar-refractivity contribution in [3.63, 3.8) is 0 Å². The third-order valence-corrected chi connectivity index (χ3v) is 4.65. The third kappa shape index (κ3) is 2.87. The summed E-state index contributed by atoms with van der Waals surface area (Å²) in [5.74, 6) is -2.01. The highest BCUT2D eigenvalue weighted by Crippen LogP contribution is 2.26. The van der Waals surface area contributed by atoms with Gasteiger partial charge in [-0.15, -0.1) is 0 Å². The zero-order valence-electron chi connectivity index (χ0n) is 15.0. The number of anilines is 1. The summed E-state index contributed by atoms with van der Waals surface area (Å²) < 4.78 is 15.2. The highest BCUT2D eigenvalue weighted by molar-refractivity contribution is 6.39. The van der Waals surface area contributed by atoms with Crippen molar-refractivity contribution in [2.45, 2.75) is 13.5 Å². The van der Waals surface area contributed by atoms with Gasteiger partial charge in [-0.25, -0.2) is 14.1 Å². The summed E-state index contributed by atoms with van der Waals surface area (Å²) in [7, 11) is 0. The summed E-state index contributed by atoms with van der Waals surface area (Å²) >= 11 is 0. The Morgan fingerprint density at radius 1 is 1.04 bits per heavy atom. The number of barbiturate groups is 1. The fraction of sp³-hybridized carbons (Fsp3) is 0.0952. The Bertz CT molecular complexity index is 1150. The maximum absolute atomic E-state index is 13.2. The van der Waals surface area contributed by atoms with Crippen molar-refractivity contribution in [1.82, 2.24) is 9.88 Å². The fourth-order valence-electron chi connectivity index (χ4n) is 3.29. The summed E-state index contributed by atoms with van der Waals surface area (Å²) in [6.45, 7) is 2.72. The number of carbonyl (C=O) groups is 3. The number of nitrogens with one attached hydrogen (secondary N) is 1. The Morgan fingerprint density at radius 3 is 2.46 bits per heavy atom. The molecule has 1 saturated heterocycles. The molecule has 1 N–H and O–H groups in total. The van der Waals surface area contributed by atoms with Crippen LogP contribution in [-0.4, -0.2) is 22.4 Å². The maximum atomic E-state index is 13.2. The number of rotatable bonds is 3. The second-order valence-electron chi connectivity index (χ2n) is 6.32. The zero-order valence-corrected chi connectivity index (χ0v) is 15.0. The fourth-order valence-corrected chi connectivity index (χ4v) is 3.29. The van der Waals surface area contributed by atoms with E-state index < -0.39 is 23.7 Å². The average molecular weight is 377 g/mol. The molecule has 0 unspecified atom stereocenters. The van der Waals surface area contributed by atoms with Crippen LogP contribution < -0.4 is 10.2 Å². The number of amides is 4. The van der Waals surface area contributed by atoms with E-state index in [0.29, 0.717) is 5.56 Å². The smallest absolute Gasteiger partial charge is 0.335 e. The van der Waals surface area contributed by atoms with E-state index in [1.54, 1.807) is 0 Å². The van der Waals surface area contributed by atoms with Gasteiger partial charge in [0.25, 0.3) is 11.8 Å². The first kappa shape index (κ1) is 17.7. The number of hydrogen-bond donors (Lipinski definition) is 1. The number of hydrogen-bond acceptors (Lipinski definition) is 3. The van der Waals surface area contributed by atoms with Crippen molar-refractivity contribution in [3.05, 3.63) is 71.7 Å². The van der Waals surface area contributed by atoms with Gasteiger partial charge in [-0.05, 0) is 43.3 Å². The van der Waals surface area contributed by atoms with Gasteiger partial charge < -0.3 is 4.57 Å². The molecule has 1 fully saturated rings. The molecule has 0 radical (unpaired) electrons. The van der Waals surface area contributed by atoms with E-state index in [4.69, 9.17) is 0 Å². The van der Waals surface area contributed by atoms with Crippen LogP contribution in [0.5, 0.6) is 0 Å². The van der Waals surface area contributed by atoms with Crippen LogP contribution in [0.3, 0.4) is 0 Å². The molecule has 0 atom stereocenters. The summed E-state index contributed by atoms with van der Waals surface area (Å²) in [5.41, 5.74) is 1.69. The number of fused-ring (bicyclic) bond motifs is 1. The van der Waals surface area contributed by atoms with Crippen molar-refractivity contribution >= 4 is 40.5 Å². The van der Waals surface area contributed by atoms with Crippen molar-refractivity contribution in [2.75, 3.05) is 4.90 Å². The van der Waals surface area contributed by atoms with Crippen LogP contribution in [0.15, 0.2) is 60.3 Å². The number of aromatic nitrogens is 1. The van der Waals surface area contributed by atoms with Gasteiger partial charge in [-0.3, -0.25) is 14.9 Å². The molecule has 6 nitrogen and oxygen atoms in total. The minimum atomic E-state index is -0.866. The van der Waals surface area contributed by atoms with Gasteiger partial charge in [0.2, 0.25) is 0 Å². The number of imide groups is 2. The number of halogens is 1. The highest BCUT2D eigenvalue weighted by atomic mass is 19.1. The van der Waals surface area contributed by atoms with Gasteiger partial charge in [-0.1, -0.05) is 18.2 Å². The topological polar surface area (TPSA) is 71.4 Å². The molecule has 140 valence electrons. The van der Waals surface area contributed by atoms with E-state index in [-0.39, 0.29) is 11.3 Å². The van der Waals surface area contributed by atoms with E-state index in [1.807, 2.05) is 42.0 Å². The van der Waals surface area contributed by atoms with Crippen LogP contribution >= 0.6 is 0 Å². The maximum Gasteiger partial charge on any atom is 0.335 e. The Morgan fingerprint density at radius 2 is 1.75 bits per heavy atom. The molecule has 28 heavy (non-hydrogen) atoms. The average Bonchev–Trinajstić information content (AvgIpc) is 3.04. The lowest BCUT2D eigenvalue weighted by Crippen LogP contribution is -2.54. The molecular weight excluding hydrogens is 361 g/mol. The predicted octanol–water partition coefficient (Wildman–Crippen LogP) is 3.47. The van der Waals surface area contributed by atoms with Crippen molar-refractivity contribution in [2.24, 2.45) is 0 Å². The van der Waals surface area contributed by atoms with Gasteiger partial charge in [0.05, 0.1) is 5.69 Å². The molecular formula is C21H16FN3O3. The Hall–Kier alpha value is -3.74. The van der Waals surface area contributed by atoms with Crippen LogP contribution in [0.25, 0.3) is 17.0 Å². The third-order valence-electron chi connectivity index (χ3n) is 4.65. The number of nitrogens with zero attached hydrogens (tertiary/aromatic N) is 2. The molecule has 0 spiro atoms. The number of urea groups is 1. The minimum absolute atomic E-state index is 0.164. The molecule has 1 aliphatic rings. The summed E-state index contributed by atoms with van der Waals surface area (Å²) in [6.07, 6.45) is 3.34. The molecule has 3 aromatic rings. The van der Waals surface area contributed by atoms with E-state index in [1.165, 1.54) is 18.2 Å².